The van der Waals surface area contributed by atoms with Crippen molar-refractivity contribution in [2.24, 2.45) is 4.99 Å². The topological polar surface area (TPSA) is 79.1 Å². The van der Waals surface area contributed by atoms with Crippen LogP contribution >= 0.6 is 27.3 Å². The average molecular weight is 575 g/mol. The summed E-state index contributed by atoms with van der Waals surface area (Å²) < 4.78 is 32.6. The van der Waals surface area contributed by atoms with Crippen molar-refractivity contribution in [2.75, 3.05) is 20.3 Å². The molecule has 10 heteroatoms. The molecule has 0 unspecified atom stereocenters. The standard InChI is InChI=1S/C26H24BrFN2O5S/c1-5-34-19-12-15(11-18(27)23(19)33-4)13-20-24(31)30-22(16-7-9-17(28)10-8-16)21(25(32)35-6-2)14(3)29-26(30)36-20/h7-13,22H,5-6H2,1-4H3/b20-13-/t22-/m1/s1. The Bertz CT molecular complexity index is 1530. The molecular formula is C26H24BrFN2O5S. The van der Waals surface area contributed by atoms with Crippen molar-refractivity contribution in [1.82, 2.24) is 4.57 Å². The third kappa shape index (κ3) is 4.87. The largest absolute Gasteiger partial charge is 0.492 e. The molecule has 1 aliphatic rings. The number of nitrogens with zero attached hydrogens (tertiary/aromatic N) is 2. The van der Waals surface area contributed by atoms with E-state index in [2.05, 4.69) is 20.9 Å². The van der Waals surface area contributed by atoms with Gasteiger partial charge in [0.1, 0.15) is 5.82 Å². The van der Waals surface area contributed by atoms with Crippen LogP contribution in [0.25, 0.3) is 6.08 Å². The fourth-order valence-electron chi connectivity index (χ4n) is 4.04. The average Bonchev–Trinajstić information content (AvgIpc) is 3.13. The van der Waals surface area contributed by atoms with Gasteiger partial charge in [0.25, 0.3) is 5.56 Å². The van der Waals surface area contributed by atoms with E-state index in [0.717, 1.165) is 5.56 Å². The normalized spacial score (nSPS) is 15.4. The summed E-state index contributed by atoms with van der Waals surface area (Å²) in [7, 11) is 1.55. The van der Waals surface area contributed by atoms with Crippen LogP contribution in [-0.4, -0.2) is 30.9 Å². The first-order valence-corrected chi connectivity index (χ1v) is 12.8. The molecule has 0 radical (unpaired) electrons. The van der Waals surface area contributed by atoms with Crippen LogP contribution in [-0.2, 0) is 9.53 Å². The molecule has 0 spiro atoms. The SMILES string of the molecule is CCOC(=O)C1=C(C)N=c2s/c(=C\c3cc(Br)c(OC)c(OCC)c3)c(=O)n2[C@@H]1c1ccc(F)cc1. The number of aromatic nitrogens is 1. The number of hydrogen-bond acceptors (Lipinski definition) is 7. The van der Waals surface area contributed by atoms with Gasteiger partial charge in [0.05, 0.1) is 46.6 Å². The van der Waals surface area contributed by atoms with Crippen LogP contribution in [0.15, 0.2) is 61.9 Å². The molecule has 1 aromatic heterocycles. The zero-order valence-corrected chi connectivity index (χ0v) is 22.5. The summed E-state index contributed by atoms with van der Waals surface area (Å²) in [6.45, 7) is 5.90. The smallest absolute Gasteiger partial charge is 0.338 e. The Kier molecular flexibility index (Phi) is 7.75. The summed E-state index contributed by atoms with van der Waals surface area (Å²) in [5.74, 6) is 0.113. The minimum absolute atomic E-state index is 0.171. The van der Waals surface area contributed by atoms with Crippen molar-refractivity contribution in [3.8, 4) is 11.5 Å². The highest BCUT2D eigenvalue weighted by Gasteiger charge is 2.33. The lowest BCUT2D eigenvalue weighted by atomic mass is 9.96. The number of benzene rings is 2. The second kappa shape index (κ2) is 10.8. The van der Waals surface area contributed by atoms with E-state index in [9.17, 15) is 14.0 Å². The van der Waals surface area contributed by atoms with Crippen molar-refractivity contribution in [3.05, 3.63) is 88.8 Å². The Morgan fingerprint density at radius 3 is 2.58 bits per heavy atom. The predicted molar refractivity (Wildman–Crippen MR) is 139 cm³/mol. The van der Waals surface area contributed by atoms with Gasteiger partial charge in [0.2, 0.25) is 0 Å². The predicted octanol–water partition coefficient (Wildman–Crippen LogP) is 4.11. The lowest BCUT2D eigenvalue weighted by Crippen LogP contribution is -2.39. The molecular weight excluding hydrogens is 551 g/mol. The molecule has 36 heavy (non-hydrogen) atoms. The minimum atomic E-state index is -0.801. The Morgan fingerprint density at radius 2 is 1.94 bits per heavy atom. The third-order valence-electron chi connectivity index (χ3n) is 5.54. The van der Waals surface area contributed by atoms with E-state index in [1.807, 2.05) is 13.0 Å². The maximum absolute atomic E-state index is 13.7. The van der Waals surface area contributed by atoms with Crippen molar-refractivity contribution < 1.29 is 23.4 Å². The van der Waals surface area contributed by atoms with E-state index in [4.69, 9.17) is 14.2 Å². The fraction of sp³-hybridized carbons (Fsp3) is 0.269. The van der Waals surface area contributed by atoms with Gasteiger partial charge in [-0.05, 0) is 78.2 Å². The lowest BCUT2D eigenvalue weighted by molar-refractivity contribution is -0.139. The third-order valence-corrected chi connectivity index (χ3v) is 7.11. The van der Waals surface area contributed by atoms with E-state index in [-0.39, 0.29) is 17.7 Å². The second-order valence-corrected chi connectivity index (χ2v) is 9.68. The maximum Gasteiger partial charge on any atom is 0.338 e. The summed E-state index contributed by atoms with van der Waals surface area (Å²) in [6.07, 6.45) is 1.74. The molecule has 0 saturated heterocycles. The van der Waals surface area contributed by atoms with Gasteiger partial charge in [-0.3, -0.25) is 9.36 Å². The van der Waals surface area contributed by atoms with Gasteiger partial charge in [0.15, 0.2) is 16.3 Å². The van der Waals surface area contributed by atoms with E-state index in [1.165, 1.54) is 28.0 Å². The molecule has 1 aliphatic heterocycles. The molecule has 0 saturated carbocycles. The van der Waals surface area contributed by atoms with Crippen molar-refractivity contribution >= 4 is 39.3 Å². The van der Waals surface area contributed by atoms with Crippen LogP contribution < -0.4 is 24.4 Å². The van der Waals surface area contributed by atoms with Crippen molar-refractivity contribution in [3.63, 3.8) is 0 Å². The van der Waals surface area contributed by atoms with Crippen LogP contribution in [0.1, 0.15) is 37.9 Å². The number of methoxy groups -OCH3 is 1. The fourth-order valence-corrected chi connectivity index (χ4v) is 5.70. The highest BCUT2D eigenvalue weighted by atomic mass is 79.9. The number of rotatable bonds is 7. The first-order valence-electron chi connectivity index (χ1n) is 11.2. The minimum Gasteiger partial charge on any atom is -0.492 e. The molecule has 188 valence electrons. The highest BCUT2D eigenvalue weighted by Crippen LogP contribution is 2.37. The summed E-state index contributed by atoms with van der Waals surface area (Å²) in [5, 5.41) is 0. The molecule has 0 fully saturated rings. The lowest BCUT2D eigenvalue weighted by Gasteiger charge is -2.24. The second-order valence-electron chi connectivity index (χ2n) is 7.82. The van der Waals surface area contributed by atoms with E-state index in [1.54, 1.807) is 45.2 Å². The summed E-state index contributed by atoms with van der Waals surface area (Å²) in [4.78, 5) is 31.6. The van der Waals surface area contributed by atoms with Crippen LogP contribution in [0.5, 0.6) is 11.5 Å². The number of fused-ring (bicyclic) bond motifs is 1. The van der Waals surface area contributed by atoms with E-state index in [0.29, 0.717) is 43.2 Å². The molecule has 1 atom stereocenters. The number of halogens is 2. The molecule has 0 aliphatic carbocycles. The van der Waals surface area contributed by atoms with Gasteiger partial charge < -0.3 is 14.2 Å². The van der Waals surface area contributed by atoms with Crippen molar-refractivity contribution in [2.45, 2.75) is 26.8 Å². The molecule has 2 heterocycles. The van der Waals surface area contributed by atoms with E-state index < -0.39 is 17.8 Å². The van der Waals surface area contributed by atoms with Crippen LogP contribution in [0.2, 0.25) is 0 Å². The van der Waals surface area contributed by atoms with Gasteiger partial charge in [-0.1, -0.05) is 23.5 Å². The number of carbonyl (C=O) groups excluding carboxylic acids is 1. The summed E-state index contributed by atoms with van der Waals surface area (Å²) in [5.41, 5.74) is 1.66. The molecule has 2 aromatic carbocycles. The first-order chi connectivity index (χ1) is 17.3. The highest BCUT2D eigenvalue weighted by molar-refractivity contribution is 9.10. The van der Waals surface area contributed by atoms with Crippen LogP contribution in [0.3, 0.4) is 0 Å². The van der Waals surface area contributed by atoms with Crippen LogP contribution in [0, 0.1) is 5.82 Å². The van der Waals surface area contributed by atoms with Crippen molar-refractivity contribution in [1.29, 1.82) is 0 Å². The Balaban J connectivity index is 1.93. The molecule has 0 N–H and O–H groups in total. The number of ether oxygens (including phenoxy) is 3. The molecule has 3 aromatic rings. The van der Waals surface area contributed by atoms with E-state index >= 15 is 0 Å². The van der Waals surface area contributed by atoms with Crippen LogP contribution in [0.4, 0.5) is 4.39 Å². The Labute approximate surface area is 219 Å². The number of esters is 1. The Morgan fingerprint density at radius 1 is 1.22 bits per heavy atom. The van der Waals surface area contributed by atoms with Gasteiger partial charge in [-0.2, -0.15) is 0 Å². The molecule has 4 rings (SSSR count). The van der Waals surface area contributed by atoms with Gasteiger partial charge in [0, 0.05) is 0 Å². The quantitative estimate of drug-likeness (QED) is 0.397. The number of carbonyl (C=O) groups is 1. The first kappa shape index (κ1) is 25.8. The number of hydrogen-bond donors (Lipinski definition) is 0. The zero-order chi connectivity index (χ0) is 26.0. The van der Waals surface area contributed by atoms with Gasteiger partial charge in [-0.25, -0.2) is 14.2 Å². The maximum atomic E-state index is 13.7. The summed E-state index contributed by atoms with van der Waals surface area (Å²) >= 11 is 4.70. The number of allylic oxidation sites excluding steroid dienone is 1. The number of thiazole rings is 1. The van der Waals surface area contributed by atoms with Gasteiger partial charge >= 0.3 is 5.97 Å². The monoisotopic (exact) mass is 574 g/mol. The molecule has 7 nitrogen and oxygen atoms in total. The molecule has 0 amide bonds. The molecule has 0 bridgehead atoms. The van der Waals surface area contributed by atoms with Gasteiger partial charge in [-0.15, -0.1) is 0 Å². The summed E-state index contributed by atoms with van der Waals surface area (Å²) in [6, 6.07) is 8.53. The Hall–Kier alpha value is -3.24. The zero-order valence-electron chi connectivity index (χ0n) is 20.1.